The molecule has 1 aliphatic rings. The van der Waals surface area contributed by atoms with Crippen molar-refractivity contribution in [3.8, 4) is 10.8 Å². The van der Waals surface area contributed by atoms with Gasteiger partial charge in [-0.1, -0.05) is 17.8 Å². The van der Waals surface area contributed by atoms with Gasteiger partial charge in [-0.05, 0) is 32.0 Å². The van der Waals surface area contributed by atoms with Gasteiger partial charge in [-0.15, -0.1) is 21.5 Å². The smallest absolute Gasteiger partial charge is 0.277 e. The number of hydrogen-bond acceptors (Lipinski definition) is 9. The summed E-state index contributed by atoms with van der Waals surface area (Å²) in [5.41, 5.74) is 1.27. The molecule has 3 heterocycles. The second-order valence-electron chi connectivity index (χ2n) is 7.52. The summed E-state index contributed by atoms with van der Waals surface area (Å²) in [6.07, 6.45) is 0. The van der Waals surface area contributed by atoms with E-state index in [4.69, 9.17) is 4.42 Å². The van der Waals surface area contributed by atoms with Crippen LogP contribution in [-0.4, -0.2) is 75.3 Å². The minimum atomic E-state index is -0.400. The fourth-order valence-electron chi connectivity index (χ4n) is 3.43. The molecule has 0 atom stereocenters. The Bertz CT molecular complexity index is 1140. The van der Waals surface area contributed by atoms with Crippen molar-refractivity contribution in [2.75, 3.05) is 43.8 Å². The van der Waals surface area contributed by atoms with Crippen molar-refractivity contribution in [3.63, 3.8) is 0 Å². The van der Waals surface area contributed by atoms with Gasteiger partial charge in [0, 0.05) is 31.9 Å². The maximum atomic E-state index is 13.2. The SMILES string of the molecule is Cc1nc(C)c(-c2nnc(SCC(=O)N3CCN(CC(=O)Nc4cccc(F)c4)CC3)o2)s1. The highest BCUT2D eigenvalue weighted by Gasteiger charge is 2.23. The minimum absolute atomic E-state index is 0.0200. The molecular formula is C21H23FN6O3S2. The van der Waals surface area contributed by atoms with E-state index < -0.39 is 5.82 Å². The summed E-state index contributed by atoms with van der Waals surface area (Å²) in [4.78, 5) is 33.7. The van der Waals surface area contributed by atoms with E-state index in [-0.39, 0.29) is 24.1 Å². The number of carbonyl (C=O) groups is 2. The first-order valence-electron chi connectivity index (χ1n) is 10.3. The monoisotopic (exact) mass is 490 g/mol. The molecule has 4 rings (SSSR count). The zero-order valence-electron chi connectivity index (χ0n) is 18.2. The molecule has 1 saturated heterocycles. The number of thiazole rings is 1. The number of aromatic nitrogens is 3. The Morgan fingerprint density at radius 1 is 1.21 bits per heavy atom. The Balaban J connectivity index is 1.20. The summed E-state index contributed by atoms with van der Waals surface area (Å²) in [6, 6.07) is 5.79. The molecule has 0 unspecified atom stereocenters. The molecule has 1 N–H and O–H groups in total. The number of aryl methyl sites for hydroxylation is 2. The van der Waals surface area contributed by atoms with Crippen molar-refractivity contribution < 1.29 is 18.4 Å². The third-order valence-corrected chi connectivity index (χ3v) is 6.89. The number of thioether (sulfide) groups is 1. The van der Waals surface area contributed by atoms with Gasteiger partial charge < -0.3 is 14.6 Å². The maximum Gasteiger partial charge on any atom is 0.277 e. The van der Waals surface area contributed by atoms with Gasteiger partial charge >= 0.3 is 0 Å². The molecule has 0 bridgehead atoms. The molecule has 0 aliphatic carbocycles. The minimum Gasteiger partial charge on any atom is -0.410 e. The van der Waals surface area contributed by atoms with Crippen LogP contribution in [0.25, 0.3) is 10.8 Å². The summed E-state index contributed by atoms with van der Waals surface area (Å²) < 4.78 is 18.9. The van der Waals surface area contributed by atoms with Crippen molar-refractivity contribution in [2.24, 2.45) is 0 Å². The van der Waals surface area contributed by atoms with E-state index in [9.17, 15) is 14.0 Å². The van der Waals surface area contributed by atoms with Crippen molar-refractivity contribution >= 4 is 40.6 Å². The molecule has 3 aromatic rings. The third kappa shape index (κ3) is 6.15. The van der Waals surface area contributed by atoms with Crippen LogP contribution in [0.15, 0.2) is 33.9 Å². The molecule has 12 heteroatoms. The quantitative estimate of drug-likeness (QED) is 0.504. The molecule has 174 valence electrons. The van der Waals surface area contributed by atoms with E-state index in [1.165, 1.54) is 35.2 Å². The first-order valence-corrected chi connectivity index (χ1v) is 12.1. The van der Waals surface area contributed by atoms with Crippen LogP contribution in [0.2, 0.25) is 0 Å². The van der Waals surface area contributed by atoms with Gasteiger partial charge in [0.05, 0.1) is 23.0 Å². The molecule has 0 radical (unpaired) electrons. The predicted molar refractivity (Wildman–Crippen MR) is 124 cm³/mol. The number of anilines is 1. The molecule has 33 heavy (non-hydrogen) atoms. The Kier molecular flexibility index (Phi) is 7.36. The van der Waals surface area contributed by atoms with Gasteiger partial charge in [-0.25, -0.2) is 9.37 Å². The van der Waals surface area contributed by atoms with Gasteiger partial charge in [-0.3, -0.25) is 14.5 Å². The van der Waals surface area contributed by atoms with Crippen LogP contribution in [0.3, 0.4) is 0 Å². The number of nitrogens with one attached hydrogen (secondary N) is 1. The van der Waals surface area contributed by atoms with E-state index in [1.54, 1.807) is 17.0 Å². The van der Waals surface area contributed by atoms with E-state index in [2.05, 4.69) is 20.5 Å². The zero-order valence-corrected chi connectivity index (χ0v) is 19.8. The second kappa shape index (κ2) is 10.4. The van der Waals surface area contributed by atoms with Gasteiger partial charge in [0.15, 0.2) is 0 Å². The van der Waals surface area contributed by atoms with E-state index >= 15 is 0 Å². The number of nitrogens with zero attached hydrogens (tertiary/aromatic N) is 5. The third-order valence-electron chi connectivity index (χ3n) is 5.02. The fourth-order valence-corrected chi connectivity index (χ4v) is 4.94. The van der Waals surface area contributed by atoms with Crippen LogP contribution in [0.5, 0.6) is 0 Å². The van der Waals surface area contributed by atoms with Crippen LogP contribution in [0.4, 0.5) is 10.1 Å². The van der Waals surface area contributed by atoms with Crippen LogP contribution in [-0.2, 0) is 9.59 Å². The molecule has 2 amide bonds. The highest BCUT2D eigenvalue weighted by molar-refractivity contribution is 7.99. The number of amides is 2. The molecule has 0 spiro atoms. The number of piperazine rings is 1. The normalized spacial score (nSPS) is 14.5. The van der Waals surface area contributed by atoms with Gasteiger partial charge in [0.25, 0.3) is 11.1 Å². The summed E-state index contributed by atoms with van der Waals surface area (Å²) in [5, 5.41) is 12.0. The van der Waals surface area contributed by atoms with Crippen LogP contribution >= 0.6 is 23.1 Å². The molecule has 0 saturated carbocycles. The van der Waals surface area contributed by atoms with Crippen LogP contribution in [0, 0.1) is 19.7 Å². The highest BCUT2D eigenvalue weighted by Crippen LogP contribution is 2.30. The molecular weight excluding hydrogens is 467 g/mol. The maximum absolute atomic E-state index is 13.2. The zero-order chi connectivity index (χ0) is 23.4. The van der Waals surface area contributed by atoms with E-state index in [0.29, 0.717) is 43.0 Å². The van der Waals surface area contributed by atoms with E-state index in [0.717, 1.165) is 15.6 Å². The number of carbonyl (C=O) groups excluding carboxylic acids is 2. The van der Waals surface area contributed by atoms with E-state index in [1.807, 2.05) is 18.7 Å². The van der Waals surface area contributed by atoms with Crippen molar-refractivity contribution in [1.29, 1.82) is 0 Å². The average molecular weight is 491 g/mol. The topological polar surface area (TPSA) is 104 Å². The summed E-state index contributed by atoms with van der Waals surface area (Å²) in [6.45, 7) is 6.23. The van der Waals surface area contributed by atoms with Crippen molar-refractivity contribution in [3.05, 3.63) is 40.8 Å². The Labute approximate surface area is 198 Å². The summed E-state index contributed by atoms with van der Waals surface area (Å²) >= 11 is 2.70. The number of halogens is 1. The van der Waals surface area contributed by atoms with Gasteiger partial charge in [0.2, 0.25) is 11.8 Å². The number of benzene rings is 1. The van der Waals surface area contributed by atoms with Crippen molar-refractivity contribution in [2.45, 2.75) is 19.1 Å². The Morgan fingerprint density at radius 2 is 2.00 bits per heavy atom. The standard InChI is InChI=1S/C21H23FN6O3S2/c1-13-19(33-14(2)23-13)20-25-26-21(31-20)32-12-18(30)28-8-6-27(7-9-28)11-17(29)24-16-5-3-4-15(22)10-16/h3-5,10H,6-9,11-12H2,1-2H3,(H,24,29). The first kappa shape index (κ1) is 23.3. The molecule has 9 nitrogen and oxygen atoms in total. The number of rotatable bonds is 7. The molecule has 1 aliphatic heterocycles. The highest BCUT2D eigenvalue weighted by atomic mass is 32.2. The number of hydrogen-bond donors (Lipinski definition) is 1. The molecule has 2 aromatic heterocycles. The van der Waals surface area contributed by atoms with Gasteiger partial charge in [0.1, 0.15) is 10.7 Å². The second-order valence-corrected chi connectivity index (χ2v) is 9.65. The average Bonchev–Trinajstić information content (AvgIpc) is 3.38. The lowest BCUT2D eigenvalue weighted by Crippen LogP contribution is -2.50. The lowest BCUT2D eigenvalue weighted by molar-refractivity contribution is -0.130. The predicted octanol–water partition coefficient (Wildman–Crippen LogP) is 2.82. The van der Waals surface area contributed by atoms with Crippen LogP contribution in [0.1, 0.15) is 10.7 Å². The largest absolute Gasteiger partial charge is 0.410 e. The lowest BCUT2D eigenvalue weighted by Gasteiger charge is -2.34. The summed E-state index contributed by atoms with van der Waals surface area (Å²) in [5.74, 6) is -0.0213. The van der Waals surface area contributed by atoms with Gasteiger partial charge in [-0.2, -0.15) is 0 Å². The van der Waals surface area contributed by atoms with Crippen LogP contribution < -0.4 is 5.32 Å². The first-order chi connectivity index (χ1) is 15.9. The Morgan fingerprint density at radius 3 is 2.70 bits per heavy atom. The Hall–Kier alpha value is -2.83. The fraction of sp³-hybridized carbons (Fsp3) is 0.381. The summed E-state index contributed by atoms with van der Waals surface area (Å²) in [7, 11) is 0. The lowest BCUT2D eigenvalue weighted by atomic mass is 10.3. The van der Waals surface area contributed by atoms with Crippen molar-refractivity contribution in [1.82, 2.24) is 25.0 Å². The molecule has 1 aromatic carbocycles. The molecule has 1 fully saturated rings.